The first-order valence-electron chi connectivity index (χ1n) is 8.62. The van der Waals surface area contributed by atoms with Gasteiger partial charge >= 0.3 is 0 Å². The lowest BCUT2D eigenvalue weighted by atomic mass is 10.1. The van der Waals surface area contributed by atoms with Crippen LogP contribution in [0, 0.1) is 6.92 Å². The van der Waals surface area contributed by atoms with Crippen molar-refractivity contribution in [2.24, 2.45) is 0 Å². The van der Waals surface area contributed by atoms with Gasteiger partial charge in [-0.25, -0.2) is 0 Å². The fraction of sp³-hybridized carbons (Fsp3) is 0.400. The molecule has 1 amide bonds. The number of benzene rings is 1. The summed E-state index contributed by atoms with van der Waals surface area (Å²) in [6, 6.07) is 9.79. The highest BCUT2D eigenvalue weighted by atomic mass is 16.5. The average Bonchev–Trinajstić information content (AvgIpc) is 2.60. The van der Waals surface area contributed by atoms with Gasteiger partial charge in [0.15, 0.2) is 0 Å². The van der Waals surface area contributed by atoms with Crippen molar-refractivity contribution in [1.29, 1.82) is 0 Å². The number of nitrogens with zero attached hydrogens (tertiary/aromatic N) is 3. The first-order valence-corrected chi connectivity index (χ1v) is 8.62. The molecule has 1 aliphatic heterocycles. The number of carbonyl (C=O) groups is 1. The maximum Gasteiger partial charge on any atom is 0.253 e. The van der Waals surface area contributed by atoms with Gasteiger partial charge in [-0.3, -0.25) is 9.78 Å². The molecule has 0 bridgehead atoms. The SMILES string of the molecule is Cc1ccnc(CC(C)N(C)C(=O)c2ccc3c(c2)OCCN3C)c1. The molecule has 25 heavy (non-hydrogen) atoms. The van der Waals surface area contributed by atoms with Crippen molar-refractivity contribution in [2.75, 3.05) is 32.1 Å². The highest BCUT2D eigenvalue weighted by molar-refractivity contribution is 5.95. The Hall–Kier alpha value is -2.56. The summed E-state index contributed by atoms with van der Waals surface area (Å²) in [7, 11) is 3.88. The summed E-state index contributed by atoms with van der Waals surface area (Å²) in [5.41, 5.74) is 3.87. The van der Waals surface area contributed by atoms with Crippen LogP contribution in [0.2, 0.25) is 0 Å². The molecule has 1 aromatic heterocycles. The first kappa shape index (κ1) is 17.3. The van der Waals surface area contributed by atoms with Crippen LogP contribution >= 0.6 is 0 Å². The molecule has 5 heteroatoms. The number of hydrogen-bond donors (Lipinski definition) is 0. The minimum absolute atomic E-state index is 0.000204. The maximum absolute atomic E-state index is 12.8. The Labute approximate surface area is 149 Å². The van der Waals surface area contributed by atoms with Crippen molar-refractivity contribution in [3.63, 3.8) is 0 Å². The molecular weight excluding hydrogens is 314 g/mol. The van der Waals surface area contributed by atoms with E-state index in [2.05, 4.69) is 22.9 Å². The Balaban J connectivity index is 1.73. The molecule has 132 valence electrons. The number of amides is 1. The van der Waals surface area contributed by atoms with Crippen LogP contribution in [0.25, 0.3) is 0 Å². The molecule has 1 atom stereocenters. The molecule has 0 spiro atoms. The fourth-order valence-corrected chi connectivity index (χ4v) is 3.04. The zero-order valence-electron chi connectivity index (χ0n) is 15.3. The number of pyridine rings is 1. The van der Waals surface area contributed by atoms with Crippen LogP contribution in [-0.2, 0) is 6.42 Å². The van der Waals surface area contributed by atoms with E-state index in [4.69, 9.17) is 4.74 Å². The van der Waals surface area contributed by atoms with Crippen molar-refractivity contribution < 1.29 is 9.53 Å². The van der Waals surface area contributed by atoms with Gasteiger partial charge in [-0.2, -0.15) is 0 Å². The molecule has 0 saturated heterocycles. The van der Waals surface area contributed by atoms with Crippen molar-refractivity contribution in [1.82, 2.24) is 9.88 Å². The van der Waals surface area contributed by atoms with E-state index in [1.54, 1.807) is 4.90 Å². The Morgan fingerprint density at radius 2 is 2.16 bits per heavy atom. The van der Waals surface area contributed by atoms with Gasteiger partial charge in [-0.15, -0.1) is 0 Å². The Bertz CT molecular complexity index is 775. The van der Waals surface area contributed by atoms with E-state index < -0.39 is 0 Å². The molecule has 3 rings (SSSR count). The number of aromatic nitrogens is 1. The summed E-state index contributed by atoms with van der Waals surface area (Å²) in [5, 5.41) is 0. The Morgan fingerprint density at radius 3 is 2.92 bits per heavy atom. The lowest BCUT2D eigenvalue weighted by Crippen LogP contribution is -2.37. The van der Waals surface area contributed by atoms with E-state index in [0.717, 1.165) is 30.1 Å². The zero-order chi connectivity index (χ0) is 18.0. The molecule has 2 heterocycles. The van der Waals surface area contributed by atoms with Gasteiger partial charge in [0.1, 0.15) is 12.4 Å². The molecule has 1 aromatic carbocycles. The van der Waals surface area contributed by atoms with Crippen molar-refractivity contribution in [2.45, 2.75) is 26.3 Å². The van der Waals surface area contributed by atoms with Crippen molar-refractivity contribution in [3.05, 3.63) is 53.3 Å². The number of likely N-dealkylation sites (N-methyl/N-ethyl adjacent to an activating group) is 2. The van der Waals surface area contributed by atoms with Crippen LogP contribution < -0.4 is 9.64 Å². The smallest absolute Gasteiger partial charge is 0.253 e. The van der Waals surface area contributed by atoms with Crippen LogP contribution in [0.4, 0.5) is 5.69 Å². The molecule has 0 N–H and O–H groups in total. The van der Waals surface area contributed by atoms with E-state index >= 15 is 0 Å². The maximum atomic E-state index is 12.8. The normalized spacial score (nSPS) is 14.5. The summed E-state index contributed by atoms with van der Waals surface area (Å²) >= 11 is 0. The van der Waals surface area contributed by atoms with Gasteiger partial charge in [0, 0.05) is 44.0 Å². The predicted octanol–water partition coefficient (Wildman–Crippen LogP) is 2.92. The second-order valence-corrected chi connectivity index (χ2v) is 6.75. The van der Waals surface area contributed by atoms with Gasteiger partial charge in [0.2, 0.25) is 0 Å². The molecule has 5 nitrogen and oxygen atoms in total. The first-order chi connectivity index (χ1) is 12.0. The van der Waals surface area contributed by atoms with Crippen molar-refractivity contribution in [3.8, 4) is 5.75 Å². The summed E-state index contributed by atoms with van der Waals surface area (Å²) in [5.74, 6) is 0.779. The van der Waals surface area contributed by atoms with E-state index in [0.29, 0.717) is 12.2 Å². The standard InChI is InChI=1S/C20H25N3O2/c1-14-7-8-21-17(11-14)12-15(2)23(4)20(24)16-5-6-18-19(13-16)25-10-9-22(18)3/h5-8,11,13,15H,9-10,12H2,1-4H3. The molecule has 0 aliphatic carbocycles. The second kappa shape index (κ2) is 7.13. The van der Waals surface area contributed by atoms with Gasteiger partial charge < -0.3 is 14.5 Å². The minimum atomic E-state index is -0.000204. The highest BCUT2D eigenvalue weighted by Gasteiger charge is 2.21. The molecule has 1 unspecified atom stereocenters. The van der Waals surface area contributed by atoms with Crippen LogP contribution in [0.15, 0.2) is 36.5 Å². The van der Waals surface area contributed by atoms with Crippen LogP contribution in [-0.4, -0.2) is 49.1 Å². The van der Waals surface area contributed by atoms with Crippen LogP contribution in [0.3, 0.4) is 0 Å². The quantitative estimate of drug-likeness (QED) is 0.859. The number of carbonyl (C=O) groups excluding carboxylic acids is 1. The minimum Gasteiger partial charge on any atom is -0.490 e. The number of fused-ring (bicyclic) bond motifs is 1. The molecule has 0 radical (unpaired) electrons. The van der Waals surface area contributed by atoms with E-state index in [1.165, 1.54) is 5.56 Å². The van der Waals surface area contributed by atoms with Crippen molar-refractivity contribution >= 4 is 11.6 Å². The molecule has 0 saturated carbocycles. The summed E-state index contributed by atoms with van der Waals surface area (Å²) in [4.78, 5) is 21.2. The van der Waals surface area contributed by atoms with E-state index in [9.17, 15) is 4.79 Å². The third-order valence-electron chi connectivity index (χ3n) is 4.76. The van der Waals surface area contributed by atoms with E-state index in [1.807, 2.05) is 51.5 Å². The fourth-order valence-electron chi connectivity index (χ4n) is 3.04. The van der Waals surface area contributed by atoms with Gasteiger partial charge in [0.05, 0.1) is 12.2 Å². The van der Waals surface area contributed by atoms with Gasteiger partial charge in [0.25, 0.3) is 5.91 Å². The lowest BCUT2D eigenvalue weighted by molar-refractivity contribution is 0.0742. The number of hydrogen-bond acceptors (Lipinski definition) is 4. The summed E-state index contributed by atoms with van der Waals surface area (Å²) in [6.07, 6.45) is 2.55. The molecule has 0 fully saturated rings. The van der Waals surface area contributed by atoms with Gasteiger partial charge in [-0.05, 0) is 49.7 Å². The third-order valence-corrected chi connectivity index (χ3v) is 4.76. The highest BCUT2D eigenvalue weighted by Crippen LogP contribution is 2.31. The number of aryl methyl sites for hydroxylation is 1. The number of ether oxygens (including phenoxy) is 1. The number of anilines is 1. The summed E-state index contributed by atoms with van der Waals surface area (Å²) < 4.78 is 5.71. The second-order valence-electron chi connectivity index (χ2n) is 6.75. The monoisotopic (exact) mass is 339 g/mol. The Kier molecular flexibility index (Phi) is 4.93. The van der Waals surface area contributed by atoms with Crippen LogP contribution in [0.1, 0.15) is 28.5 Å². The zero-order valence-corrected chi connectivity index (χ0v) is 15.3. The molecule has 2 aromatic rings. The molecular formula is C20H25N3O2. The van der Waals surface area contributed by atoms with Crippen LogP contribution in [0.5, 0.6) is 5.75 Å². The average molecular weight is 339 g/mol. The molecule has 1 aliphatic rings. The largest absolute Gasteiger partial charge is 0.490 e. The van der Waals surface area contributed by atoms with Gasteiger partial charge in [-0.1, -0.05) is 0 Å². The summed E-state index contributed by atoms with van der Waals surface area (Å²) in [6.45, 7) is 5.60. The number of rotatable bonds is 4. The predicted molar refractivity (Wildman–Crippen MR) is 99.4 cm³/mol. The van der Waals surface area contributed by atoms with E-state index in [-0.39, 0.29) is 11.9 Å². The lowest BCUT2D eigenvalue weighted by Gasteiger charge is -2.29. The third kappa shape index (κ3) is 3.76. The topological polar surface area (TPSA) is 45.7 Å². The Morgan fingerprint density at radius 1 is 1.36 bits per heavy atom.